The van der Waals surface area contributed by atoms with E-state index in [0.29, 0.717) is 22.8 Å². The SMILES string of the molecule is COc1ccc(/C=C/C(=O)OC(Cc2ccc(OC)c(OC)c2)C(=O)O)cc1. The molecule has 148 valence electrons. The van der Waals surface area contributed by atoms with Crippen LogP contribution >= 0.6 is 0 Å². The van der Waals surface area contributed by atoms with E-state index in [1.54, 1.807) is 49.6 Å². The van der Waals surface area contributed by atoms with E-state index in [-0.39, 0.29) is 6.42 Å². The van der Waals surface area contributed by atoms with Gasteiger partial charge in [0.15, 0.2) is 11.5 Å². The zero-order chi connectivity index (χ0) is 20.5. The molecular formula is C21H22O7. The summed E-state index contributed by atoms with van der Waals surface area (Å²) < 4.78 is 20.5. The van der Waals surface area contributed by atoms with E-state index in [2.05, 4.69) is 0 Å². The number of carbonyl (C=O) groups is 2. The van der Waals surface area contributed by atoms with Crippen LogP contribution in [-0.4, -0.2) is 44.5 Å². The third-order valence-electron chi connectivity index (χ3n) is 3.93. The van der Waals surface area contributed by atoms with Crippen LogP contribution in [0.2, 0.25) is 0 Å². The van der Waals surface area contributed by atoms with Crippen molar-refractivity contribution in [3.63, 3.8) is 0 Å². The Balaban J connectivity index is 2.04. The number of hydrogen-bond acceptors (Lipinski definition) is 6. The van der Waals surface area contributed by atoms with Crippen molar-refractivity contribution in [3.05, 3.63) is 59.7 Å². The molecule has 0 saturated carbocycles. The molecule has 1 atom stereocenters. The van der Waals surface area contributed by atoms with E-state index in [1.807, 2.05) is 0 Å². The van der Waals surface area contributed by atoms with Gasteiger partial charge >= 0.3 is 11.9 Å². The molecule has 0 saturated heterocycles. The summed E-state index contributed by atoms with van der Waals surface area (Å²) in [4.78, 5) is 23.5. The largest absolute Gasteiger partial charge is 0.497 e. The number of carboxylic acid groups (broad SMARTS) is 1. The van der Waals surface area contributed by atoms with Crippen molar-refractivity contribution >= 4 is 18.0 Å². The van der Waals surface area contributed by atoms with Gasteiger partial charge in [0, 0.05) is 12.5 Å². The maximum Gasteiger partial charge on any atom is 0.345 e. The van der Waals surface area contributed by atoms with E-state index in [9.17, 15) is 14.7 Å². The Bertz CT molecular complexity index is 840. The van der Waals surface area contributed by atoms with Gasteiger partial charge in [0.1, 0.15) is 5.75 Å². The lowest BCUT2D eigenvalue weighted by atomic mass is 10.1. The zero-order valence-electron chi connectivity index (χ0n) is 15.9. The second kappa shape index (κ2) is 10.0. The molecule has 0 bridgehead atoms. The van der Waals surface area contributed by atoms with E-state index in [0.717, 1.165) is 5.56 Å². The van der Waals surface area contributed by atoms with Crippen LogP contribution in [0.3, 0.4) is 0 Å². The van der Waals surface area contributed by atoms with Crippen molar-refractivity contribution in [1.82, 2.24) is 0 Å². The summed E-state index contributed by atoms with van der Waals surface area (Å²) in [7, 11) is 4.56. The van der Waals surface area contributed by atoms with Crippen LogP contribution in [-0.2, 0) is 20.7 Å². The third kappa shape index (κ3) is 5.77. The van der Waals surface area contributed by atoms with Crippen molar-refractivity contribution in [1.29, 1.82) is 0 Å². The summed E-state index contributed by atoms with van der Waals surface area (Å²) in [6.45, 7) is 0. The number of ether oxygens (including phenoxy) is 4. The second-order valence-corrected chi connectivity index (χ2v) is 5.76. The molecule has 0 heterocycles. The van der Waals surface area contributed by atoms with Crippen LogP contribution in [0.5, 0.6) is 17.2 Å². The van der Waals surface area contributed by atoms with Gasteiger partial charge in [-0.3, -0.25) is 0 Å². The highest BCUT2D eigenvalue weighted by atomic mass is 16.6. The molecule has 0 radical (unpaired) electrons. The first-order valence-electron chi connectivity index (χ1n) is 8.43. The van der Waals surface area contributed by atoms with Gasteiger partial charge in [-0.25, -0.2) is 9.59 Å². The van der Waals surface area contributed by atoms with E-state index < -0.39 is 18.0 Å². The van der Waals surface area contributed by atoms with Crippen molar-refractivity contribution in [2.75, 3.05) is 21.3 Å². The molecule has 0 aliphatic rings. The number of methoxy groups -OCH3 is 3. The summed E-state index contributed by atoms with van der Waals surface area (Å²) in [5.74, 6) is -0.294. The molecule has 2 aromatic carbocycles. The highest BCUT2D eigenvalue weighted by molar-refractivity contribution is 5.89. The molecule has 28 heavy (non-hydrogen) atoms. The van der Waals surface area contributed by atoms with Crippen LogP contribution in [0.25, 0.3) is 6.08 Å². The van der Waals surface area contributed by atoms with Crippen molar-refractivity contribution in [3.8, 4) is 17.2 Å². The van der Waals surface area contributed by atoms with Gasteiger partial charge in [-0.2, -0.15) is 0 Å². The summed E-state index contributed by atoms with van der Waals surface area (Å²) in [6, 6.07) is 12.0. The Hall–Kier alpha value is -3.48. The average Bonchev–Trinajstić information content (AvgIpc) is 2.71. The molecule has 2 rings (SSSR count). The Labute approximate surface area is 163 Å². The first-order valence-corrected chi connectivity index (χ1v) is 8.43. The Kier molecular flexibility index (Phi) is 7.45. The van der Waals surface area contributed by atoms with Gasteiger partial charge in [-0.15, -0.1) is 0 Å². The number of hydrogen-bond donors (Lipinski definition) is 1. The summed E-state index contributed by atoms with van der Waals surface area (Å²) in [5, 5.41) is 9.38. The Morgan fingerprint density at radius 2 is 1.64 bits per heavy atom. The van der Waals surface area contributed by atoms with Crippen molar-refractivity contribution in [2.45, 2.75) is 12.5 Å². The predicted octanol–water partition coefficient (Wildman–Crippen LogP) is 2.96. The molecule has 2 aromatic rings. The lowest BCUT2D eigenvalue weighted by Gasteiger charge is -2.14. The smallest absolute Gasteiger partial charge is 0.345 e. The van der Waals surface area contributed by atoms with Crippen LogP contribution in [0, 0.1) is 0 Å². The zero-order valence-corrected chi connectivity index (χ0v) is 15.9. The minimum absolute atomic E-state index is 0.00218. The first-order chi connectivity index (χ1) is 13.5. The number of rotatable bonds is 9. The monoisotopic (exact) mass is 386 g/mol. The summed E-state index contributed by atoms with van der Waals surface area (Å²) >= 11 is 0. The Morgan fingerprint density at radius 3 is 2.21 bits per heavy atom. The summed E-state index contributed by atoms with van der Waals surface area (Å²) in [6.07, 6.45) is 1.40. The maximum absolute atomic E-state index is 12.0. The van der Waals surface area contributed by atoms with Crippen LogP contribution < -0.4 is 14.2 Å². The van der Waals surface area contributed by atoms with Crippen LogP contribution in [0.15, 0.2) is 48.5 Å². The normalized spacial score (nSPS) is 11.7. The van der Waals surface area contributed by atoms with E-state index in [1.165, 1.54) is 26.4 Å². The third-order valence-corrected chi connectivity index (χ3v) is 3.93. The molecule has 1 unspecified atom stereocenters. The molecule has 7 nitrogen and oxygen atoms in total. The van der Waals surface area contributed by atoms with Gasteiger partial charge in [-0.05, 0) is 41.5 Å². The van der Waals surface area contributed by atoms with E-state index >= 15 is 0 Å². The number of esters is 1. The van der Waals surface area contributed by atoms with Gasteiger partial charge < -0.3 is 24.1 Å². The molecule has 0 spiro atoms. The van der Waals surface area contributed by atoms with Crippen molar-refractivity contribution < 1.29 is 33.6 Å². The molecular weight excluding hydrogens is 364 g/mol. The predicted molar refractivity (Wildman–Crippen MR) is 103 cm³/mol. The number of aliphatic carboxylic acids is 1. The lowest BCUT2D eigenvalue weighted by Crippen LogP contribution is -2.28. The van der Waals surface area contributed by atoms with Crippen LogP contribution in [0.4, 0.5) is 0 Å². The highest BCUT2D eigenvalue weighted by Gasteiger charge is 2.22. The van der Waals surface area contributed by atoms with Gasteiger partial charge in [0.2, 0.25) is 6.10 Å². The maximum atomic E-state index is 12.0. The molecule has 0 amide bonds. The quantitative estimate of drug-likeness (QED) is 0.523. The molecule has 0 aliphatic heterocycles. The minimum Gasteiger partial charge on any atom is -0.497 e. The second-order valence-electron chi connectivity index (χ2n) is 5.76. The standard InChI is InChI=1S/C21H22O7/c1-25-16-8-4-14(5-9-16)7-11-20(22)28-19(21(23)24)13-15-6-10-17(26-2)18(12-15)27-3/h4-12,19H,13H2,1-3H3,(H,23,24)/b11-7+. The number of benzene rings is 2. The van der Waals surface area contributed by atoms with Gasteiger partial charge in [0.05, 0.1) is 21.3 Å². The minimum atomic E-state index is -1.33. The number of carbonyl (C=O) groups excluding carboxylic acids is 1. The highest BCUT2D eigenvalue weighted by Crippen LogP contribution is 2.28. The summed E-state index contributed by atoms with van der Waals surface area (Å²) in [5.41, 5.74) is 1.39. The fourth-order valence-corrected chi connectivity index (χ4v) is 2.46. The van der Waals surface area contributed by atoms with Gasteiger partial charge in [0.25, 0.3) is 0 Å². The molecule has 0 aliphatic carbocycles. The molecule has 0 fully saturated rings. The fraction of sp³-hybridized carbons (Fsp3) is 0.238. The van der Waals surface area contributed by atoms with Crippen LogP contribution in [0.1, 0.15) is 11.1 Å². The molecule has 1 N–H and O–H groups in total. The van der Waals surface area contributed by atoms with Gasteiger partial charge in [-0.1, -0.05) is 18.2 Å². The fourth-order valence-electron chi connectivity index (χ4n) is 2.46. The average molecular weight is 386 g/mol. The van der Waals surface area contributed by atoms with Crippen molar-refractivity contribution in [2.24, 2.45) is 0 Å². The topological polar surface area (TPSA) is 91.3 Å². The lowest BCUT2D eigenvalue weighted by molar-refractivity contribution is -0.160. The Morgan fingerprint density at radius 1 is 0.964 bits per heavy atom. The van der Waals surface area contributed by atoms with E-state index in [4.69, 9.17) is 18.9 Å². The first kappa shape index (κ1) is 20.8. The molecule has 0 aromatic heterocycles. The number of carboxylic acids is 1. The molecule has 7 heteroatoms.